The molecule has 1 saturated heterocycles. The summed E-state index contributed by atoms with van der Waals surface area (Å²) >= 11 is 0. The van der Waals surface area contributed by atoms with Gasteiger partial charge in [-0.25, -0.2) is 12.8 Å². The third-order valence-electron chi connectivity index (χ3n) is 6.40. The lowest BCUT2D eigenvalue weighted by atomic mass is 10.0. The predicted octanol–water partition coefficient (Wildman–Crippen LogP) is 3.60. The monoisotopic (exact) mass is 464 g/mol. The Morgan fingerprint density at radius 2 is 1.70 bits per heavy atom. The topological polar surface area (TPSA) is 74.8 Å². The first-order valence-corrected chi connectivity index (χ1v) is 12.1. The summed E-state index contributed by atoms with van der Waals surface area (Å²) in [5, 5.41) is 0. The quantitative estimate of drug-likeness (QED) is 0.594. The molecular formula is C25H21FN2O4S. The van der Waals surface area contributed by atoms with Gasteiger partial charge < -0.3 is 4.90 Å². The fraction of sp³-hybridized carbons (Fsp3) is 0.200. The van der Waals surface area contributed by atoms with Crippen LogP contribution in [0.4, 0.5) is 15.8 Å². The zero-order chi connectivity index (χ0) is 23.5. The molecule has 0 aromatic heterocycles. The van der Waals surface area contributed by atoms with E-state index in [-0.39, 0.29) is 12.1 Å². The number of carbonyl (C=O) groups excluding carboxylic acids is 2. The van der Waals surface area contributed by atoms with Crippen LogP contribution in [0.1, 0.15) is 22.3 Å². The molecule has 0 bridgehead atoms. The average molecular weight is 465 g/mol. The molecule has 2 heterocycles. The minimum atomic E-state index is -4.24. The van der Waals surface area contributed by atoms with Crippen LogP contribution in [0.25, 0.3) is 0 Å². The number of carbonyl (C=O) groups is 2. The summed E-state index contributed by atoms with van der Waals surface area (Å²) in [7, 11) is -4.24. The Labute approximate surface area is 191 Å². The highest BCUT2D eigenvalue weighted by Gasteiger charge is 2.69. The predicted molar refractivity (Wildman–Crippen MR) is 123 cm³/mol. The molecule has 8 heteroatoms. The van der Waals surface area contributed by atoms with Crippen molar-refractivity contribution in [1.29, 1.82) is 0 Å². The number of hydrogen-bond donors (Lipinski definition) is 0. The molecule has 6 nitrogen and oxygen atoms in total. The van der Waals surface area contributed by atoms with Gasteiger partial charge in [0.25, 0.3) is 10.8 Å². The molecule has 5 rings (SSSR count). The minimum Gasteiger partial charge on any atom is -0.304 e. The second kappa shape index (κ2) is 7.25. The van der Waals surface area contributed by atoms with Gasteiger partial charge in [0.1, 0.15) is 11.6 Å². The summed E-state index contributed by atoms with van der Waals surface area (Å²) in [4.78, 5) is 27.4. The molecule has 1 fully saturated rings. The summed E-state index contributed by atoms with van der Waals surface area (Å²) in [6, 6.07) is 17.6. The molecule has 0 saturated carbocycles. The Kier molecular flexibility index (Phi) is 4.68. The Morgan fingerprint density at radius 1 is 0.939 bits per heavy atom. The van der Waals surface area contributed by atoms with Crippen molar-refractivity contribution in [3.05, 3.63) is 94.8 Å². The van der Waals surface area contributed by atoms with Crippen LogP contribution >= 0.6 is 0 Å². The van der Waals surface area contributed by atoms with Gasteiger partial charge >= 0.3 is 0 Å². The van der Waals surface area contributed by atoms with E-state index in [0.717, 1.165) is 16.0 Å². The van der Waals surface area contributed by atoms with Crippen molar-refractivity contribution in [3.8, 4) is 0 Å². The molecule has 3 aromatic carbocycles. The maximum atomic E-state index is 14.0. The van der Waals surface area contributed by atoms with E-state index in [1.807, 2.05) is 13.8 Å². The first-order chi connectivity index (χ1) is 15.7. The van der Waals surface area contributed by atoms with Crippen molar-refractivity contribution in [2.45, 2.75) is 25.3 Å². The highest BCUT2D eigenvalue weighted by molar-refractivity contribution is 7.94. The first kappa shape index (κ1) is 21.3. The zero-order valence-electron chi connectivity index (χ0n) is 18.1. The fourth-order valence-electron chi connectivity index (χ4n) is 4.73. The molecule has 168 valence electrons. The largest absolute Gasteiger partial charge is 0.304 e. The number of rotatable bonds is 3. The number of amides is 2. The molecule has 2 amide bonds. The van der Waals surface area contributed by atoms with Crippen molar-refractivity contribution in [2.24, 2.45) is 0 Å². The normalized spacial score (nSPS) is 21.2. The van der Waals surface area contributed by atoms with E-state index in [0.29, 0.717) is 16.9 Å². The number of sulfone groups is 1. The first-order valence-electron chi connectivity index (χ1n) is 10.5. The third kappa shape index (κ3) is 2.94. The highest BCUT2D eigenvalue weighted by atomic mass is 32.2. The molecule has 1 spiro atoms. The lowest BCUT2D eigenvalue weighted by Gasteiger charge is -2.33. The van der Waals surface area contributed by atoms with Crippen LogP contribution in [0.3, 0.4) is 0 Å². The Bertz CT molecular complexity index is 1440. The Balaban J connectivity index is 1.74. The number of aryl methyl sites for hydroxylation is 2. The summed E-state index contributed by atoms with van der Waals surface area (Å²) in [5.74, 6) is -2.62. The maximum absolute atomic E-state index is 14.0. The SMILES string of the molecule is Cc1ccc(N2C(=O)CS(=O)(=O)C23C(=O)N(Cc2cccc(F)c2)c2ccccc23)cc1C. The van der Waals surface area contributed by atoms with E-state index in [4.69, 9.17) is 0 Å². The van der Waals surface area contributed by atoms with Gasteiger partial charge in [0.2, 0.25) is 5.91 Å². The van der Waals surface area contributed by atoms with Crippen LogP contribution in [0, 0.1) is 19.7 Å². The maximum Gasteiger partial charge on any atom is 0.274 e. The van der Waals surface area contributed by atoms with Crippen molar-refractivity contribution < 1.29 is 22.4 Å². The van der Waals surface area contributed by atoms with E-state index in [1.54, 1.807) is 48.5 Å². The number of benzene rings is 3. The number of para-hydroxylation sites is 1. The van der Waals surface area contributed by atoms with Gasteiger partial charge in [0.15, 0.2) is 9.84 Å². The van der Waals surface area contributed by atoms with E-state index in [2.05, 4.69) is 0 Å². The second-order valence-electron chi connectivity index (χ2n) is 8.44. The van der Waals surface area contributed by atoms with E-state index < -0.39 is 38.1 Å². The molecule has 1 atom stereocenters. The smallest absolute Gasteiger partial charge is 0.274 e. The van der Waals surface area contributed by atoms with Crippen LogP contribution in [0.15, 0.2) is 66.7 Å². The number of hydrogen-bond acceptors (Lipinski definition) is 4. The molecule has 1 unspecified atom stereocenters. The average Bonchev–Trinajstić information content (AvgIpc) is 3.13. The van der Waals surface area contributed by atoms with Gasteiger partial charge in [-0.15, -0.1) is 0 Å². The van der Waals surface area contributed by atoms with E-state index in [1.165, 1.54) is 23.1 Å². The molecule has 2 aliphatic rings. The highest BCUT2D eigenvalue weighted by Crippen LogP contribution is 2.52. The van der Waals surface area contributed by atoms with Crippen LogP contribution in [0.2, 0.25) is 0 Å². The molecule has 2 aliphatic heterocycles. The molecule has 3 aromatic rings. The number of anilines is 2. The Morgan fingerprint density at radius 3 is 2.42 bits per heavy atom. The number of nitrogens with zero attached hydrogens (tertiary/aromatic N) is 2. The lowest BCUT2D eigenvalue weighted by Crippen LogP contribution is -2.54. The van der Waals surface area contributed by atoms with Crippen LogP contribution in [0.5, 0.6) is 0 Å². The summed E-state index contributed by atoms with van der Waals surface area (Å²) in [5.41, 5.74) is 3.33. The van der Waals surface area contributed by atoms with Gasteiger partial charge in [0, 0.05) is 11.3 Å². The van der Waals surface area contributed by atoms with Crippen molar-refractivity contribution in [2.75, 3.05) is 15.6 Å². The standard InChI is InChI=1S/C25H21FN2O4S/c1-16-10-11-20(12-17(16)2)28-23(29)15-33(31,32)25(28)21-8-3-4-9-22(21)27(24(25)30)14-18-6-5-7-19(26)13-18/h3-13H,14-15H2,1-2H3. The second-order valence-corrected chi connectivity index (χ2v) is 10.5. The van der Waals surface area contributed by atoms with Gasteiger partial charge in [0.05, 0.1) is 12.2 Å². The van der Waals surface area contributed by atoms with Crippen LogP contribution in [-0.4, -0.2) is 26.0 Å². The molecule has 0 N–H and O–H groups in total. The molecule has 0 radical (unpaired) electrons. The van der Waals surface area contributed by atoms with Gasteiger partial charge in [-0.05, 0) is 60.9 Å². The van der Waals surface area contributed by atoms with Gasteiger partial charge in [-0.3, -0.25) is 14.5 Å². The van der Waals surface area contributed by atoms with E-state index in [9.17, 15) is 22.4 Å². The third-order valence-corrected chi connectivity index (χ3v) is 8.51. The summed E-state index contributed by atoms with van der Waals surface area (Å²) in [6.07, 6.45) is 0. The Hall–Kier alpha value is -3.52. The molecule has 33 heavy (non-hydrogen) atoms. The van der Waals surface area contributed by atoms with Crippen molar-refractivity contribution >= 4 is 33.0 Å². The minimum absolute atomic E-state index is 0.0279. The molecule has 0 aliphatic carbocycles. The number of halogens is 1. The number of fused-ring (bicyclic) bond motifs is 2. The van der Waals surface area contributed by atoms with Crippen molar-refractivity contribution in [3.63, 3.8) is 0 Å². The van der Waals surface area contributed by atoms with Crippen LogP contribution in [-0.2, 0) is 30.8 Å². The van der Waals surface area contributed by atoms with Crippen LogP contribution < -0.4 is 9.80 Å². The lowest BCUT2D eigenvalue weighted by molar-refractivity contribution is -0.123. The van der Waals surface area contributed by atoms with Gasteiger partial charge in [-0.1, -0.05) is 36.4 Å². The fourth-order valence-corrected chi connectivity index (χ4v) is 6.76. The zero-order valence-corrected chi connectivity index (χ0v) is 18.9. The molecular weight excluding hydrogens is 443 g/mol. The summed E-state index contributed by atoms with van der Waals surface area (Å²) in [6.45, 7) is 3.75. The van der Waals surface area contributed by atoms with E-state index >= 15 is 0 Å². The summed E-state index contributed by atoms with van der Waals surface area (Å²) < 4.78 is 41.0. The van der Waals surface area contributed by atoms with Crippen molar-refractivity contribution in [1.82, 2.24) is 0 Å². The van der Waals surface area contributed by atoms with Gasteiger partial charge in [-0.2, -0.15) is 0 Å².